The van der Waals surface area contributed by atoms with Crippen LogP contribution in [0.15, 0.2) is 18.3 Å². The number of fused-ring (bicyclic) bond motifs is 1. The lowest BCUT2D eigenvalue weighted by Gasteiger charge is -2.15. The van der Waals surface area contributed by atoms with Gasteiger partial charge in [0.1, 0.15) is 18.2 Å². The predicted molar refractivity (Wildman–Crippen MR) is 88.9 cm³/mol. The van der Waals surface area contributed by atoms with Crippen LogP contribution in [0.4, 0.5) is 5.82 Å². The van der Waals surface area contributed by atoms with E-state index in [2.05, 4.69) is 9.97 Å². The summed E-state index contributed by atoms with van der Waals surface area (Å²) in [6.07, 6.45) is 1.41. The molecule has 1 amide bonds. The summed E-state index contributed by atoms with van der Waals surface area (Å²) in [7, 11) is 0. The van der Waals surface area contributed by atoms with Crippen molar-refractivity contribution in [1.29, 1.82) is 0 Å². The maximum absolute atomic E-state index is 11.8. The van der Waals surface area contributed by atoms with E-state index in [0.29, 0.717) is 22.3 Å². The Labute approximate surface area is 137 Å². The third-order valence-corrected chi connectivity index (χ3v) is 4.01. The highest BCUT2D eigenvalue weighted by molar-refractivity contribution is 6.10. The Bertz CT molecular complexity index is 978. The molecule has 0 saturated heterocycles. The van der Waals surface area contributed by atoms with Gasteiger partial charge in [0.25, 0.3) is 5.91 Å². The van der Waals surface area contributed by atoms with E-state index in [1.54, 1.807) is 23.6 Å². The number of carbonyl (C=O) groups is 1. The number of aromatic hydroxyl groups is 1. The first kappa shape index (κ1) is 15.8. The molecule has 8 nitrogen and oxygen atoms in total. The first-order valence-electron chi connectivity index (χ1n) is 7.22. The number of aryl methyl sites for hydroxylation is 1. The smallest absolute Gasteiger partial charge is 0.253 e. The molecule has 124 valence electrons. The number of phenolic OH excluding ortho intramolecular Hbond substituents is 1. The van der Waals surface area contributed by atoms with Gasteiger partial charge in [-0.2, -0.15) is 0 Å². The standard InChI is InChI=1S/C16H17N5O3/c1-7-3-4-10(23)8(2)13(7)21-14(17)12(15(18)24)9-5-19-11(6-22)20-16(9)21/h3-5,22-23H,6,17H2,1-2H3,(H2,18,24). The van der Waals surface area contributed by atoms with Gasteiger partial charge in [-0.25, -0.2) is 9.97 Å². The molecule has 0 spiro atoms. The second-order valence-corrected chi connectivity index (χ2v) is 5.52. The molecule has 3 rings (SSSR count). The van der Waals surface area contributed by atoms with Gasteiger partial charge in [-0.1, -0.05) is 6.07 Å². The van der Waals surface area contributed by atoms with Crippen LogP contribution in [0.25, 0.3) is 16.7 Å². The number of nitrogens with zero attached hydrogens (tertiary/aromatic N) is 3. The molecule has 2 heterocycles. The topological polar surface area (TPSA) is 140 Å². The number of nitrogens with two attached hydrogens (primary N) is 2. The fraction of sp³-hybridized carbons (Fsp3) is 0.188. The van der Waals surface area contributed by atoms with Crippen LogP contribution in [-0.2, 0) is 6.61 Å². The lowest BCUT2D eigenvalue weighted by molar-refractivity contribution is 0.100. The van der Waals surface area contributed by atoms with Crippen molar-refractivity contribution in [2.45, 2.75) is 20.5 Å². The number of benzene rings is 1. The van der Waals surface area contributed by atoms with E-state index in [4.69, 9.17) is 11.5 Å². The van der Waals surface area contributed by atoms with Crippen molar-refractivity contribution >= 4 is 22.8 Å². The van der Waals surface area contributed by atoms with Gasteiger partial charge >= 0.3 is 0 Å². The Morgan fingerprint density at radius 1 is 1.33 bits per heavy atom. The van der Waals surface area contributed by atoms with Gasteiger partial charge in [-0.15, -0.1) is 0 Å². The van der Waals surface area contributed by atoms with Gasteiger partial charge in [0.05, 0.1) is 16.6 Å². The van der Waals surface area contributed by atoms with Crippen molar-refractivity contribution in [2.75, 3.05) is 5.73 Å². The summed E-state index contributed by atoms with van der Waals surface area (Å²) < 4.78 is 1.56. The number of nitrogen functional groups attached to an aromatic ring is 1. The first-order valence-corrected chi connectivity index (χ1v) is 7.22. The highest BCUT2D eigenvalue weighted by Gasteiger charge is 2.24. The van der Waals surface area contributed by atoms with E-state index in [1.165, 1.54) is 6.20 Å². The second kappa shape index (κ2) is 5.50. The van der Waals surface area contributed by atoms with Crippen LogP contribution in [0.1, 0.15) is 27.3 Å². The summed E-state index contributed by atoms with van der Waals surface area (Å²) in [5.41, 5.74) is 14.1. The summed E-state index contributed by atoms with van der Waals surface area (Å²) >= 11 is 0. The van der Waals surface area contributed by atoms with E-state index in [-0.39, 0.29) is 29.6 Å². The Balaban J connectivity index is 2.51. The summed E-state index contributed by atoms with van der Waals surface area (Å²) in [6.45, 7) is 3.23. The largest absolute Gasteiger partial charge is 0.508 e. The van der Waals surface area contributed by atoms with Crippen LogP contribution in [-0.4, -0.2) is 30.7 Å². The Morgan fingerprint density at radius 2 is 2.04 bits per heavy atom. The zero-order chi connectivity index (χ0) is 17.6. The van der Waals surface area contributed by atoms with Crippen molar-refractivity contribution in [3.63, 3.8) is 0 Å². The molecule has 0 atom stereocenters. The summed E-state index contributed by atoms with van der Waals surface area (Å²) in [5.74, 6) is -0.313. The van der Waals surface area contributed by atoms with E-state index in [0.717, 1.165) is 5.56 Å². The summed E-state index contributed by atoms with van der Waals surface area (Å²) in [4.78, 5) is 20.1. The van der Waals surface area contributed by atoms with Crippen LogP contribution in [0.5, 0.6) is 5.75 Å². The van der Waals surface area contributed by atoms with Crippen LogP contribution in [0.3, 0.4) is 0 Å². The van der Waals surface area contributed by atoms with E-state index >= 15 is 0 Å². The molecule has 24 heavy (non-hydrogen) atoms. The monoisotopic (exact) mass is 327 g/mol. The minimum atomic E-state index is -0.702. The molecule has 0 aliphatic rings. The zero-order valence-electron chi connectivity index (χ0n) is 13.2. The maximum atomic E-state index is 11.8. The number of aliphatic hydroxyl groups is 1. The number of hydrogen-bond acceptors (Lipinski definition) is 6. The Hall–Kier alpha value is -3.13. The maximum Gasteiger partial charge on any atom is 0.253 e. The fourth-order valence-corrected chi connectivity index (χ4v) is 2.85. The molecule has 0 aliphatic carbocycles. The van der Waals surface area contributed by atoms with Gasteiger partial charge in [-0.3, -0.25) is 9.36 Å². The van der Waals surface area contributed by atoms with Gasteiger partial charge in [-0.05, 0) is 25.5 Å². The first-order chi connectivity index (χ1) is 11.4. The zero-order valence-corrected chi connectivity index (χ0v) is 13.2. The Kier molecular flexibility index (Phi) is 3.61. The van der Waals surface area contributed by atoms with Crippen LogP contribution >= 0.6 is 0 Å². The summed E-state index contributed by atoms with van der Waals surface area (Å²) in [6, 6.07) is 3.32. The predicted octanol–water partition coefficient (Wildman–Crippen LogP) is 0.916. The normalized spacial score (nSPS) is 11.1. The molecule has 0 radical (unpaired) electrons. The number of carbonyl (C=O) groups excluding carboxylic acids is 1. The van der Waals surface area contributed by atoms with Gasteiger partial charge in [0, 0.05) is 11.8 Å². The number of primary amides is 1. The number of aliphatic hydroxyl groups excluding tert-OH is 1. The van der Waals surface area contributed by atoms with Crippen molar-refractivity contribution in [1.82, 2.24) is 14.5 Å². The van der Waals surface area contributed by atoms with Gasteiger partial charge in [0.2, 0.25) is 0 Å². The molecule has 1 aromatic carbocycles. The van der Waals surface area contributed by atoms with E-state index in [9.17, 15) is 15.0 Å². The molecule has 0 bridgehead atoms. The number of anilines is 1. The molecule has 0 unspecified atom stereocenters. The molecule has 2 aromatic heterocycles. The van der Waals surface area contributed by atoms with Crippen molar-refractivity contribution in [3.05, 3.63) is 40.8 Å². The molecule has 3 aromatic rings. The van der Waals surface area contributed by atoms with Crippen molar-refractivity contribution in [2.24, 2.45) is 5.73 Å². The highest BCUT2D eigenvalue weighted by Crippen LogP contribution is 2.35. The quantitative estimate of drug-likeness (QED) is 0.564. The van der Waals surface area contributed by atoms with Crippen molar-refractivity contribution < 1.29 is 15.0 Å². The van der Waals surface area contributed by atoms with Crippen molar-refractivity contribution in [3.8, 4) is 11.4 Å². The number of rotatable bonds is 3. The highest BCUT2D eigenvalue weighted by atomic mass is 16.3. The molecule has 0 aliphatic heterocycles. The average molecular weight is 327 g/mol. The molecule has 8 heteroatoms. The minimum Gasteiger partial charge on any atom is -0.508 e. The molecule has 6 N–H and O–H groups in total. The van der Waals surface area contributed by atoms with E-state index < -0.39 is 5.91 Å². The minimum absolute atomic E-state index is 0.0916. The lowest BCUT2D eigenvalue weighted by Crippen LogP contribution is -2.14. The number of hydrogen-bond donors (Lipinski definition) is 4. The van der Waals surface area contributed by atoms with Crippen LogP contribution in [0, 0.1) is 13.8 Å². The SMILES string of the molecule is Cc1ccc(O)c(C)c1-n1c(N)c(C(N)=O)c2cnc(CO)nc21. The average Bonchev–Trinajstić information content (AvgIpc) is 2.83. The lowest BCUT2D eigenvalue weighted by atomic mass is 10.1. The van der Waals surface area contributed by atoms with Crippen LogP contribution in [0.2, 0.25) is 0 Å². The third kappa shape index (κ3) is 2.16. The number of aromatic nitrogens is 3. The number of amides is 1. The third-order valence-electron chi connectivity index (χ3n) is 4.01. The second-order valence-electron chi connectivity index (χ2n) is 5.52. The fourth-order valence-electron chi connectivity index (χ4n) is 2.85. The van der Waals surface area contributed by atoms with Gasteiger partial charge < -0.3 is 21.7 Å². The molecule has 0 saturated carbocycles. The molecule has 0 fully saturated rings. The molecular weight excluding hydrogens is 310 g/mol. The van der Waals surface area contributed by atoms with Gasteiger partial charge in [0.15, 0.2) is 11.5 Å². The van der Waals surface area contributed by atoms with E-state index in [1.807, 2.05) is 6.92 Å². The molecular formula is C16H17N5O3. The number of phenols is 1. The van der Waals surface area contributed by atoms with Crippen LogP contribution < -0.4 is 11.5 Å². The Morgan fingerprint density at radius 3 is 2.67 bits per heavy atom. The summed E-state index contributed by atoms with van der Waals surface area (Å²) in [5, 5.41) is 19.7.